The molecule has 2 heterocycles. The molecular formula is C16H22N2O5. The van der Waals surface area contributed by atoms with Gasteiger partial charge in [-0.05, 0) is 39.8 Å². The standard InChI is InChI=1S/C16H22N2O5/c1-5-18(14(20)13-7-6-12(10-19)22-13)11-8-17(9-11)15(21)23-16(2,3)4/h6-7,10-11H,5,8-9H2,1-4H3. The van der Waals surface area contributed by atoms with Gasteiger partial charge in [0, 0.05) is 19.6 Å². The van der Waals surface area contributed by atoms with Crippen LogP contribution >= 0.6 is 0 Å². The molecule has 2 rings (SSSR count). The molecule has 23 heavy (non-hydrogen) atoms. The molecule has 0 unspecified atom stereocenters. The Morgan fingerprint density at radius 3 is 2.52 bits per heavy atom. The number of carbonyl (C=O) groups is 3. The maximum atomic E-state index is 12.4. The van der Waals surface area contributed by atoms with E-state index in [1.807, 2.05) is 27.7 Å². The predicted octanol–water partition coefficient (Wildman–Crippen LogP) is 2.17. The van der Waals surface area contributed by atoms with E-state index in [2.05, 4.69) is 0 Å². The van der Waals surface area contributed by atoms with Crippen molar-refractivity contribution in [1.82, 2.24) is 9.80 Å². The van der Waals surface area contributed by atoms with Gasteiger partial charge in [0.15, 0.2) is 17.8 Å². The summed E-state index contributed by atoms with van der Waals surface area (Å²) in [5.41, 5.74) is -0.540. The van der Waals surface area contributed by atoms with Crippen molar-refractivity contribution in [3.63, 3.8) is 0 Å². The van der Waals surface area contributed by atoms with Gasteiger partial charge >= 0.3 is 6.09 Å². The first-order chi connectivity index (χ1) is 10.7. The molecule has 7 nitrogen and oxygen atoms in total. The molecule has 0 aromatic carbocycles. The molecule has 1 aliphatic rings. The Bertz CT molecular complexity index is 596. The predicted molar refractivity (Wildman–Crippen MR) is 82.4 cm³/mol. The highest BCUT2D eigenvalue weighted by Gasteiger charge is 2.39. The number of hydrogen-bond donors (Lipinski definition) is 0. The number of aldehydes is 1. The summed E-state index contributed by atoms with van der Waals surface area (Å²) in [6.07, 6.45) is 0.180. The second-order valence-electron chi connectivity index (χ2n) is 6.45. The van der Waals surface area contributed by atoms with E-state index in [4.69, 9.17) is 9.15 Å². The number of likely N-dealkylation sites (tertiary alicyclic amines) is 1. The maximum Gasteiger partial charge on any atom is 0.410 e. The van der Waals surface area contributed by atoms with E-state index < -0.39 is 5.60 Å². The highest BCUT2D eigenvalue weighted by atomic mass is 16.6. The molecule has 1 fully saturated rings. The number of likely N-dealkylation sites (N-methyl/N-ethyl adjacent to an activating group) is 1. The lowest BCUT2D eigenvalue weighted by molar-refractivity contribution is -0.0126. The normalized spacial score (nSPS) is 15.0. The van der Waals surface area contributed by atoms with E-state index in [0.717, 1.165) is 0 Å². The minimum atomic E-state index is -0.540. The highest BCUT2D eigenvalue weighted by Crippen LogP contribution is 2.21. The molecule has 0 radical (unpaired) electrons. The van der Waals surface area contributed by atoms with Crippen molar-refractivity contribution in [2.75, 3.05) is 19.6 Å². The van der Waals surface area contributed by atoms with Gasteiger partial charge in [0.1, 0.15) is 5.60 Å². The van der Waals surface area contributed by atoms with Crippen molar-refractivity contribution < 1.29 is 23.5 Å². The average molecular weight is 322 g/mol. The molecule has 0 spiro atoms. The van der Waals surface area contributed by atoms with Crippen LogP contribution in [0.15, 0.2) is 16.5 Å². The van der Waals surface area contributed by atoms with Crippen LogP contribution in [0.1, 0.15) is 48.8 Å². The third-order valence-electron chi connectivity index (χ3n) is 3.51. The van der Waals surface area contributed by atoms with Crippen LogP contribution in [0, 0.1) is 0 Å². The second kappa shape index (κ2) is 6.44. The quantitative estimate of drug-likeness (QED) is 0.794. The summed E-state index contributed by atoms with van der Waals surface area (Å²) in [7, 11) is 0. The lowest BCUT2D eigenvalue weighted by atomic mass is 10.1. The Labute approximate surface area is 135 Å². The molecule has 0 aliphatic carbocycles. The van der Waals surface area contributed by atoms with Crippen molar-refractivity contribution in [3.8, 4) is 0 Å². The summed E-state index contributed by atoms with van der Waals surface area (Å²) in [6.45, 7) is 8.63. The van der Waals surface area contributed by atoms with Crippen molar-refractivity contribution in [2.24, 2.45) is 0 Å². The van der Waals surface area contributed by atoms with Gasteiger partial charge in [0.05, 0.1) is 6.04 Å². The van der Waals surface area contributed by atoms with E-state index in [1.54, 1.807) is 9.80 Å². The van der Waals surface area contributed by atoms with Gasteiger partial charge in [-0.15, -0.1) is 0 Å². The molecule has 1 aliphatic heterocycles. The largest absolute Gasteiger partial charge is 0.448 e. The fourth-order valence-electron chi connectivity index (χ4n) is 2.37. The topological polar surface area (TPSA) is 80.1 Å². The number of ether oxygens (including phenoxy) is 1. The van der Waals surface area contributed by atoms with Crippen molar-refractivity contribution in [1.29, 1.82) is 0 Å². The Balaban J connectivity index is 1.95. The fourth-order valence-corrected chi connectivity index (χ4v) is 2.37. The third kappa shape index (κ3) is 3.91. The Morgan fingerprint density at radius 1 is 1.39 bits per heavy atom. The molecule has 0 saturated carbocycles. The van der Waals surface area contributed by atoms with Crippen LogP contribution in [0.5, 0.6) is 0 Å². The van der Waals surface area contributed by atoms with Crippen molar-refractivity contribution in [3.05, 3.63) is 23.7 Å². The van der Waals surface area contributed by atoms with Crippen LogP contribution in [-0.2, 0) is 4.74 Å². The number of furan rings is 1. The minimum Gasteiger partial charge on any atom is -0.448 e. The number of hydrogen-bond acceptors (Lipinski definition) is 5. The number of nitrogens with zero attached hydrogens (tertiary/aromatic N) is 2. The van der Waals surface area contributed by atoms with E-state index >= 15 is 0 Å². The van der Waals surface area contributed by atoms with Gasteiger partial charge in [-0.25, -0.2) is 4.79 Å². The molecular weight excluding hydrogens is 300 g/mol. The smallest absolute Gasteiger partial charge is 0.410 e. The third-order valence-corrected chi connectivity index (χ3v) is 3.51. The molecule has 7 heteroatoms. The molecule has 1 saturated heterocycles. The van der Waals surface area contributed by atoms with Crippen molar-refractivity contribution >= 4 is 18.3 Å². The van der Waals surface area contributed by atoms with Crippen molar-refractivity contribution in [2.45, 2.75) is 39.3 Å². The fraction of sp³-hybridized carbons (Fsp3) is 0.562. The van der Waals surface area contributed by atoms with E-state index in [9.17, 15) is 14.4 Å². The van der Waals surface area contributed by atoms with Crippen LogP contribution in [0.4, 0.5) is 4.79 Å². The lowest BCUT2D eigenvalue weighted by Crippen LogP contribution is -2.62. The Hall–Kier alpha value is -2.31. The highest BCUT2D eigenvalue weighted by molar-refractivity contribution is 5.92. The van der Waals surface area contributed by atoms with Crippen LogP contribution in [0.25, 0.3) is 0 Å². The van der Waals surface area contributed by atoms with E-state index in [-0.39, 0.29) is 29.6 Å². The number of amides is 2. The molecule has 2 amide bonds. The average Bonchev–Trinajstić information content (AvgIpc) is 2.88. The van der Waals surface area contributed by atoms with Gasteiger partial charge in [-0.1, -0.05) is 0 Å². The molecule has 1 aromatic heterocycles. The number of carbonyl (C=O) groups excluding carboxylic acids is 3. The summed E-state index contributed by atoms with van der Waals surface area (Å²) >= 11 is 0. The molecule has 0 bridgehead atoms. The van der Waals surface area contributed by atoms with E-state index in [1.165, 1.54) is 12.1 Å². The summed E-state index contributed by atoms with van der Waals surface area (Å²) in [4.78, 5) is 38.2. The first-order valence-corrected chi connectivity index (χ1v) is 7.59. The molecule has 1 aromatic rings. The molecule has 126 valence electrons. The maximum absolute atomic E-state index is 12.4. The van der Waals surface area contributed by atoms with Crippen LogP contribution in [0.3, 0.4) is 0 Å². The zero-order chi connectivity index (χ0) is 17.2. The van der Waals surface area contributed by atoms with Gasteiger partial charge in [0.2, 0.25) is 0 Å². The summed E-state index contributed by atoms with van der Waals surface area (Å²) in [5.74, 6) is -0.0347. The minimum absolute atomic E-state index is 0.0789. The lowest BCUT2D eigenvalue weighted by Gasteiger charge is -2.44. The Morgan fingerprint density at radius 2 is 2.04 bits per heavy atom. The summed E-state index contributed by atoms with van der Waals surface area (Å²) in [6, 6.07) is 2.87. The number of rotatable bonds is 4. The zero-order valence-electron chi connectivity index (χ0n) is 13.9. The monoisotopic (exact) mass is 322 g/mol. The van der Waals surface area contributed by atoms with Gasteiger partial charge in [0.25, 0.3) is 5.91 Å². The first-order valence-electron chi connectivity index (χ1n) is 7.59. The van der Waals surface area contributed by atoms with Gasteiger partial charge in [-0.2, -0.15) is 0 Å². The van der Waals surface area contributed by atoms with Gasteiger partial charge in [-0.3, -0.25) is 9.59 Å². The van der Waals surface area contributed by atoms with Crippen LogP contribution < -0.4 is 0 Å². The second-order valence-corrected chi connectivity index (χ2v) is 6.45. The SMILES string of the molecule is CCN(C(=O)c1ccc(C=O)o1)C1CN(C(=O)OC(C)(C)C)C1. The van der Waals surface area contributed by atoms with E-state index in [0.29, 0.717) is 25.9 Å². The van der Waals surface area contributed by atoms with Gasteiger partial charge < -0.3 is 19.0 Å². The Kier molecular flexibility index (Phi) is 4.77. The van der Waals surface area contributed by atoms with Crippen LogP contribution in [-0.4, -0.2) is 59.4 Å². The van der Waals surface area contributed by atoms with Crippen LogP contribution in [0.2, 0.25) is 0 Å². The summed E-state index contributed by atoms with van der Waals surface area (Å²) in [5, 5.41) is 0. The molecule has 0 N–H and O–H groups in total. The zero-order valence-corrected chi connectivity index (χ0v) is 13.9. The molecule has 0 atom stereocenters. The summed E-state index contributed by atoms with van der Waals surface area (Å²) < 4.78 is 10.5. The first kappa shape index (κ1) is 17.1.